The van der Waals surface area contributed by atoms with Crippen molar-refractivity contribution in [3.63, 3.8) is 0 Å². The molecule has 1 amide bonds. The van der Waals surface area contributed by atoms with Gasteiger partial charge in [-0.25, -0.2) is 0 Å². The van der Waals surface area contributed by atoms with Crippen molar-refractivity contribution in [3.05, 3.63) is 11.8 Å². The first-order valence-electron chi connectivity index (χ1n) is 4.14. The summed E-state index contributed by atoms with van der Waals surface area (Å²) >= 11 is 0. The summed E-state index contributed by atoms with van der Waals surface area (Å²) in [4.78, 5) is 11.4. The summed E-state index contributed by atoms with van der Waals surface area (Å²) in [5.41, 5.74) is 5.01. The molecule has 5 heteroatoms. The average molecular weight is 181 g/mol. The van der Waals surface area contributed by atoms with Gasteiger partial charge in [-0.2, -0.15) is 0 Å². The molecule has 1 aromatic heterocycles. The lowest BCUT2D eigenvalue weighted by atomic mass is 10.3. The summed E-state index contributed by atoms with van der Waals surface area (Å²) in [5, 5.41) is 6.23. The second kappa shape index (κ2) is 2.56. The van der Waals surface area contributed by atoms with Crippen LogP contribution in [-0.4, -0.2) is 16.6 Å². The van der Waals surface area contributed by atoms with E-state index in [0.717, 1.165) is 12.8 Å². The maximum atomic E-state index is 11.4. The molecular weight excluding hydrogens is 170 g/mol. The summed E-state index contributed by atoms with van der Waals surface area (Å²) in [7, 11) is 0. The third-order valence-electron chi connectivity index (χ3n) is 2.11. The monoisotopic (exact) mass is 181 g/mol. The molecule has 0 radical (unpaired) electrons. The van der Waals surface area contributed by atoms with E-state index in [1.165, 1.54) is 0 Å². The molecule has 70 valence electrons. The number of nitrogens with one attached hydrogen (secondary N) is 1. The van der Waals surface area contributed by atoms with Crippen LogP contribution in [0.15, 0.2) is 10.6 Å². The van der Waals surface area contributed by atoms with Crippen molar-refractivity contribution in [2.45, 2.75) is 25.3 Å². The molecule has 0 bridgehead atoms. The van der Waals surface area contributed by atoms with Crippen molar-refractivity contribution in [1.82, 2.24) is 5.16 Å². The van der Waals surface area contributed by atoms with Crippen LogP contribution in [0.3, 0.4) is 0 Å². The van der Waals surface area contributed by atoms with Crippen LogP contribution >= 0.6 is 0 Å². The first-order valence-corrected chi connectivity index (χ1v) is 4.14. The number of rotatable bonds is 2. The zero-order valence-electron chi connectivity index (χ0n) is 7.33. The molecule has 0 saturated heterocycles. The molecule has 3 N–H and O–H groups in total. The second-order valence-corrected chi connectivity index (χ2v) is 3.43. The van der Waals surface area contributed by atoms with Crippen LogP contribution in [0.25, 0.3) is 0 Å². The second-order valence-electron chi connectivity index (χ2n) is 3.43. The number of nitrogens with two attached hydrogens (primary N) is 1. The highest BCUT2D eigenvalue weighted by Crippen LogP contribution is 2.33. The van der Waals surface area contributed by atoms with Gasteiger partial charge >= 0.3 is 0 Å². The number of carbonyl (C=O) groups excluding carboxylic acids is 1. The Labute approximate surface area is 75.3 Å². The molecule has 13 heavy (non-hydrogen) atoms. The molecule has 1 fully saturated rings. The van der Waals surface area contributed by atoms with Gasteiger partial charge in [0.05, 0.1) is 5.54 Å². The highest BCUT2D eigenvalue weighted by Gasteiger charge is 2.46. The van der Waals surface area contributed by atoms with Crippen LogP contribution in [0.5, 0.6) is 0 Å². The Balaban J connectivity index is 2.02. The van der Waals surface area contributed by atoms with Gasteiger partial charge in [0.1, 0.15) is 5.76 Å². The molecule has 1 heterocycles. The Morgan fingerprint density at radius 2 is 2.46 bits per heavy atom. The van der Waals surface area contributed by atoms with E-state index in [-0.39, 0.29) is 5.91 Å². The fourth-order valence-electron chi connectivity index (χ4n) is 1.03. The Bertz CT molecular complexity index is 341. The SMILES string of the molecule is Cc1cc(NC(=O)C2(N)CC2)no1. The fraction of sp³-hybridized carbons (Fsp3) is 0.500. The van der Waals surface area contributed by atoms with Gasteiger partial charge in [-0.05, 0) is 19.8 Å². The third kappa shape index (κ3) is 1.55. The van der Waals surface area contributed by atoms with Gasteiger partial charge in [0, 0.05) is 6.07 Å². The van der Waals surface area contributed by atoms with E-state index in [2.05, 4.69) is 10.5 Å². The van der Waals surface area contributed by atoms with Crippen LogP contribution < -0.4 is 11.1 Å². The summed E-state index contributed by atoms with van der Waals surface area (Å²) in [6.45, 7) is 1.76. The Morgan fingerprint density at radius 3 is 2.92 bits per heavy atom. The van der Waals surface area contributed by atoms with Crippen molar-refractivity contribution in [2.24, 2.45) is 5.73 Å². The number of aryl methyl sites for hydroxylation is 1. The molecule has 5 nitrogen and oxygen atoms in total. The van der Waals surface area contributed by atoms with Crippen LogP contribution in [0, 0.1) is 6.92 Å². The van der Waals surface area contributed by atoms with Gasteiger partial charge in [-0.15, -0.1) is 0 Å². The first-order chi connectivity index (χ1) is 6.10. The molecule has 0 aromatic carbocycles. The van der Waals surface area contributed by atoms with Crippen molar-refractivity contribution >= 4 is 11.7 Å². The first kappa shape index (κ1) is 8.25. The minimum absolute atomic E-state index is 0.180. The number of carbonyl (C=O) groups is 1. The van der Waals surface area contributed by atoms with E-state index in [0.29, 0.717) is 11.6 Å². The van der Waals surface area contributed by atoms with E-state index in [1.807, 2.05) is 0 Å². The van der Waals surface area contributed by atoms with Crippen molar-refractivity contribution in [1.29, 1.82) is 0 Å². The summed E-state index contributed by atoms with van der Waals surface area (Å²) in [6.07, 6.45) is 1.49. The van der Waals surface area contributed by atoms with Gasteiger partial charge in [0.25, 0.3) is 0 Å². The number of nitrogens with zero attached hydrogens (tertiary/aromatic N) is 1. The van der Waals surface area contributed by atoms with E-state index >= 15 is 0 Å². The quantitative estimate of drug-likeness (QED) is 0.692. The number of aromatic nitrogens is 1. The normalized spacial score (nSPS) is 18.3. The van der Waals surface area contributed by atoms with Gasteiger partial charge in [0.2, 0.25) is 5.91 Å². The molecule has 2 rings (SSSR count). The predicted octanol–water partition coefficient (Wildman–Crippen LogP) is 0.413. The summed E-state index contributed by atoms with van der Waals surface area (Å²) in [5.74, 6) is 0.914. The van der Waals surface area contributed by atoms with Crippen molar-refractivity contribution in [2.75, 3.05) is 5.32 Å². The lowest BCUT2D eigenvalue weighted by molar-refractivity contribution is -0.118. The third-order valence-corrected chi connectivity index (χ3v) is 2.11. The van der Waals surface area contributed by atoms with Crippen LogP contribution in [-0.2, 0) is 4.79 Å². The number of amides is 1. The minimum atomic E-state index is -0.660. The highest BCUT2D eigenvalue weighted by atomic mass is 16.5. The minimum Gasteiger partial charge on any atom is -0.360 e. The topological polar surface area (TPSA) is 81.2 Å². The molecule has 0 unspecified atom stereocenters. The summed E-state index contributed by atoms with van der Waals surface area (Å²) in [6, 6.07) is 1.66. The van der Waals surface area contributed by atoms with Gasteiger partial charge in [0.15, 0.2) is 5.82 Å². The zero-order valence-corrected chi connectivity index (χ0v) is 7.33. The standard InChI is InChI=1S/C8H11N3O2/c1-5-4-6(11-13-5)10-7(12)8(9)2-3-8/h4H,2-3,9H2,1H3,(H,10,11,12). The van der Waals surface area contributed by atoms with Gasteiger partial charge in [-0.1, -0.05) is 5.16 Å². The van der Waals surface area contributed by atoms with Gasteiger partial charge in [-0.3, -0.25) is 4.79 Å². The Hall–Kier alpha value is -1.36. The lowest BCUT2D eigenvalue weighted by Gasteiger charge is -2.06. The number of anilines is 1. The van der Waals surface area contributed by atoms with E-state index in [4.69, 9.17) is 10.3 Å². The maximum Gasteiger partial charge on any atom is 0.245 e. The molecule has 1 saturated carbocycles. The molecule has 0 atom stereocenters. The van der Waals surface area contributed by atoms with E-state index < -0.39 is 5.54 Å². The number of hydrogen-bond acceptors (Lipinski definition) is 4. The van der Waals surface area contributed by atoms with Crippen molar-refractivity contribution in [3.8, 4) is 0 Å². The van der Waals surface area contributed by atoms with Crippen LogP contribution in [0.4, 0.5) is 5.82 Å². The summed E-state index contributed by atoms with van der Waals surface area (Å²) < 4.78 is 4.79. The Kier molecular flexibility index (Phi) is 1.63. The van der Waals surface area contributed by atoms with E-state index in [9.17, 15) is 4.79 Å². The molecule has 0 aliphatic heterocycles. The molecule has 0 spiro atoms. The van der Waals surface area contributed by atoms with Crippen molar-refractivity contribution < 1.29 is 9.32 Å². The molecule has 1 aromatic rings. The van der Waals surface area contributed by atoms with Crippen LogP contribution in [0.2, 0.25) is 0 Å². The molecule has 1 aliphatic rings. The maximum absolute atomic E-state index is 11.4. The highest BCUT2D eigenvalue weighted by molar-refractivity contribution is 5.99. The largest absolute Gasteiger partial charge is 0.360 e. The van der Waals surface area contributed by atoms with Gasteiger partial charge < -0.3 is 15.6 Å². The molecule has 1 aliphatic carbocycles. The predicted molar refractivity (Wildman–Crippen MR) is 46.0 cm³/mol. The van der Waals surface area contributed by atoms with E-state index in [1.54, 1.807) is 13.0 Å². The lowest BCUT2D eigenvalue weighted by Crippen LogP contribution is -2.37. The smallest absolute Gasteiger partial charge is 0.245 e. The number of hydrogen-bond donors (Lipinski definition) is 2. The Morgan fingerprint density at radius 1 is 1.77 bits per heavy atom. The fourth-order valence-corrected chi connectivity index (χ4v) is 1.03. The van der Waals surface area contributed by atoms with Crippen LogP contribution in [0.1, 0.15) is 18.6 Å². The average Bonchev–Trinajstić information content (AvgIpc) is 2.69. The zero-order chi connectivity index (χ0) is 9.47. The molecular formula is C8H11N3O2.